The summed E-state index contributed by atoms with van der Waals surface area (Å²) in [5.74, 6) is 3.60. The number of nitrogens with zero attached hydrogens (tertiary/aromatic N) is 4. The van der Waals surface area contributed by atoms with Crippen LogP contribution in [0.4, 0.5) is 11.6 Å². The molecule has 1 aromatic heterocycles. The molecule has 25 heavy (non-hydrogen) atoms. The van der Waals surface area contributed by atoms with Gasteiger partial charge in [0, 0.05) is 38.3 Å². The van der Waals surface area contributed by atoms with Gasteiger partial charge in [0.2, 0.25) is 0 Å². The van der Waals surface area contributed by atoms with Crippen LogP contribution in [0.1, 0.15) is 25.7 Å². The van der Waals surface area contributed by atoms with Crippen molar-refractivity contribution < 1.29 is 5.11 Å². The lowest BCUT2D eigenvalue weighted by Crippen LogP contribution is -2.38. The van der Waals surface area contributed by atoms with E-state index in [1.807, 2.05) is 0 Å². The van der Waals surface area contributed by atoms with Crippen molar-refractivity contribution in [3.05, 3.63) is 12.4 Å². The van der Waals surface area contributed by atoms with E-state index in [1.54, 1.807) is 6.33 Å². The predicted octanol–water partition coefficient (Wildman–Crippen LogP) is 0.201. The summed E-state index contributed by atoms with van der Waals surface area (Å²) in [6.07, 6.45) is 5.88. The summed E-state index contributed by atoms with van der Waals surface area (Å²) in [4.78, 5) is 13.5. The van der Waals surface area contributed by atoms with Gasteiger partial charge in [0.15, 0.2) is 0 Å². The number of aromatic nitrogens is 2. The van der Waals surface area contributed by atoms with Crippen molar-refractivity contribution >= 4 is 11.6 Å². The van der Waals surface area contributed by atoms with Crippen LogP contribution in [-0.2, 0) is 0 Å². The van der Waals surface area contributed by atoms with E-state index in [-0.39, 0.29) is 12.1 Å². The Morgan fingerprint density at radius 1 is 1.16 bits per heavy atom. The Hall–Kier alpha value is -1.44. The summed E-state index contributed by atoms with van der Waals surface area (Å²) in [5, 5.41) is 13.5. The maximum absolute atomic E-state index is 9.96. The zero-order chi connectivity index (χ0) is 17.2. The molecule has 3 saturated heterocycles. The zero-order valence-corrected chi connectivity index (χ0v) is 14.8. The van der Waals surface area contributed by atoms with Gasteiger partial charge in [-0.25, -0.2) is 9.97 Å². The van der Waals surface area contributed by atoms with Crippen LogP contribution in [0, 0.1) is 11.8 Å². The fourth-order valence-corrected chi connectivity index (χ4v) is 4.74. The lowest BCUT2D eigenvalue weighted by molar-refractivity contribution is 0.194. The number of nitrogens with two attached hydrogens (primary N) is 1. The maximum atomic E-state index is 9.96. The van der Waals surface area contributed by atoms with Gasteiger partial charge >= 0.3 is 0 Å². The zero-order valence-electron chi connectivity index (χ0n) is 14.8. The number of aliphatic hydroxyl groups is 1. The summed E-state index contributed by atoms with van der Waals surface area (Å²) in [7, 11) is 0. The highest BCUT2D eigenvalue weighted by Crippen LogP contribution is 2.32. The highest BCUT2D eigenvalue weighted by atomic mass is 16.3. The van der Waals surface area contributed by atoms with E-state index in [4.69, 9.17) is 5.73 Å². The van der Waals surface area contributed by atoms with E-state index < -0.39 is 0 Å². The van der Waals surface area contributed by atoms with Gasteiger partial charge in [0.25, 0.3) is 0 Å². The summed E-state index contributed by atoms with van der Waals surface area (Å²) in [6, 6.07) is 2.23. The molecule has 0 bridgehead atoms. The van der Waals surface area contributed by atoms with E-state index in [9.17, 15) is 5.11 Å². The highest BCUT2D eigenvalue weighted by molar-refractivity contribution is 5.52. The van der Waals surface area contributed by atoms with Crippen LogP contribution in [-0.4, -0.2) is 66.5 Å². The second-order valence-electron chi connectivity index (χ2n) is 7.74. The number of hydrogen-bond donors (Lipinski definition) is 3. The molecule has 4 N–H and O–H groups in total. The molecule has 3 fully saturated rings. The molecule has 0 aliphatic carbocycles. The number of anilines is 2. The largest absolute Gasteiger partial charge is 0.391 e. The first-order valence-electron chi connectivity index (χ1n) is 9.67. The third kappa shape index (κ3) is 3.59. The molecule has 7 heteroatoms. The van der Waals surface area contributed by atoms with Crippen molar-refractivity contribution in [2.75, 3.05) is 49.1 Å². The van der Waals surface area contributed by atoms with Crippen molar-refractivity contribution in [3.8, 4) is 0 Å². The monoisotopic (exact) mass is 346 g/mol. The molecule has 4 heterocycles. The Morgan fingerprint density at radius 2 is 1.96 bits per heavy atom. The van der Waals surface area contributed by atoms with Crippen molar-refractivity contribution in [1.82, 2.24) is 15.3 Å². The molecule has 0 spiro atoms. The molecule has 3 aliphatic rings. The predicted molar refractivity (Wildman–Crippen MR) is 98.8 cm³/mol. The standard InChI is InChI=1S/C18H30N6O/c19-9-15-7-16(25)11-24(15)18-8-17(21-12-22-18)23-5-2-13(3-6-23)14-1-4-20-10-14/h8,12-16,20,25H,1-7,9-11,19H2/t14?,15-,16-/m1/s1. The minimum atomic E-state index is -0.317. The normalized spacial score (nSPS) is 31.0. The lowest BCUT2D eigenvalue weighted by atomic mass is 9.84. The summed E-state index contributed by atoms with van der Waals surface area (Å²) in [5.41, 5.74) is 5.87. The van der Waals surface area contributed by atoms with E-state index >= 15 is 0 Å². The lowest BCUT2D eigenvalue weighted by Gasteiger charge is -2.35. The van der Waals surface area contributed by atoms with E-state index in [0.29, 0.717) is 13.1 Å². The van der Waals surface area contributed by atoms with Crippen molar-refractivity contribution in [1.29, 1.82) is 0 Å². The van der Waals surface area contributed by atoms with E-state index in [1.165, 1.54) is 32.4 Å². The molecule has 0 aromatic carbocycles. The maximum Gasteiger partial charge on any atom is 0.134 e. The molecular weight excluding hydrogens is 316 g/mol. The van der Waals surface area contributed by atoms with Crippen LogP contribution in [0.25, 0.3) is 0 Å². The number of aliphatic hydroxyl groups excluding tert-OH is 1. The van der Waals surface area contributed by atoms with Gasteiger partial charge in [-0.15, -0.1) is 0 Å². The van der Waals surface area contributed by atoms with Crippen LogP contribution in [0.2, 0.25) is 0 Å². The molecule has 7 nitrogen and oxygen atoms in total. The molecule has 1 unspecified atom stereocenters. The van der Waals surface area contributed by atoms with Gasteiger partial charge in [0.1, 0.15) is 18.0 Å². The van der Waals surface area contributed by atoms with Crippen LogP contribution in [0.5, 0.6) is 0 Å². The number of hydrogen-bond acceptors (Lipinski definition) is 7. The molecule has 1 aromatic rings. The van der Waals surface area contributed by atoms with E-state index in [0.717, 1.165) is 43.0 Å². The molecular formula is C18H30N6O. The van der Waals surface area contributed by atoms with Gasteiger partial charge in [-0.05, 0) is 50.6 Å². The van der Waals surface area contributed by atoms with Crippen molar-refractivity contribution in [2.24, 2.45) is 17.6 Å². The van der Waals surface area contributed by atoms with Crippen molar-refractivity contribution in [3.63, 3.8) is 0 Å². The molecule has 0 amide bonds. The number of β-amino-alcohol motifs (C(OH)–C–C–N with tert-alkyl or cyclic N) is 1. The average Bonchev–Trinajstić information content (AvgIpc) is 3.31. The molecule has 0 saturated carbocycles. The van der Waals surface area contributed by atoms with Gasteiger partial charge < -0.3 is 26.0 Å². The first-order valence-corrected chi connectivity index (χ1v) is 9.67. The van der Waals surface area contributed by atoms with Crippen LogP contribution < -0.4 is 20.9 Å². The Kier molecular flexibility index (Phi) is 5.05. The molecule has 3 aliphatic heterocycles. The second-order valence-corrected chi connectivity index (χ2v) is 7.74. The molecule has 4 rings (SSSR count). The second kappa shape index (κ2) is 7.43. The molecule has 138 valence electrons. The molecule has 0 radical (unpaired) electrons. The van der Waals surface area contributed by atoms with Gasteiger partial charge in [-0.2, -0.15) is 0 Å². The smallest absolute Gasteiger partial charge is 0.134 e. The Labute approximate surface area is 149 Å². The van der Waals surface area contributed by atoms with Gasteiger partial charge in [-0.1, -0.05) is 0 Å². The van der Waals surface area contributed by atoms with Crippen LogP contribution in [0.15, 0.2) is 12.4 Å². The van der Waals surface area contributed by atoms with E-state index in [2.05, 4.69) is 31.2 Å². The fourth-order valence-electron chi connectivity index (χ4n) is 4.74. The summed E-state index contributed by atoms with van der Waals surface area (Å²) in [6.45, 7) is 5.66. The van der Waals surface area contributed by atoms with Crippen molar-refractivity contribution in [2.45, 2.75) is 37.8 Å². The summed E-state index contributed by atoms with van der Waals surface area (Å²) < 4.78 is 0. The quantitative estimate of drug-likeness (QED) is 0.717. The van der Waals surface area contributed by atoms with Gasteiger partial charge in [0.05, 0.1) is 6.10 Å². The number of piperidine rings is 1. The van der Waals surface area contributed by atoms with Crippen LogP contribution >= 0.6 is 0 Å². The Morgan fingerprint density at radius 3 is 2.68 bits per heavy atom. The highest BCUT2D eigenvalue weighted by Gasteiger charge is 2.32. The fraction of sp³-hybridized carbons (Fsp3) is 0.778. The first-order chi connectivity index (χ1) is 12.2. The number of nitrogens with one attached hydrogen (secondary N) is 1. The third-order valence-electron chi connectivity index (χ3n) is 6.23. The van der Waals surface area contributed by atoms with Gasteiger partial charge in [-0.3, -0.25) is 0 Å². The summed E-state index contributed by atoms with van der Waals surface area (Å²) >= 11 is 0. The SMILES string of the molecule is NC[C@H]1C[C@@H](O)CN1c1cc(N2CCC(C3CCNC3)CC2)ncn1. The average molecular weight is 346 g/mol. The number of rotatable bonds is 4. The first kappa shape index (κ1) is 17.0. The minimum absolute atomic E-state index is 0.165. The Balaban J connectivity index is 1.42. The topological polar surface area (TPSA) is 90.5 Å². The molecule has 3 atom stereocenters. The minimum Gasteiger partial charge on any atom is -0.391 e. The third-order valence-corrected chi connectivity index (χ3v) is 6.23. The Bertz CT molecular complexity index is 570. The van der Waals surface area contributed by atoms with Crippen LogP contribution in [0.3, 0.4) is 0 Å².